The Morgan fingerprint density at radius 2 is 1.53 bits per heavy atom. The summed E-state index contributed by atoms with van der Waals surface area (Å²) >= 11 is 0. The molecule has 1 saturated heterocycles. The number of piperazine rings is 1. The van der Waals surface area contributed by atoms with E-state index in [9.17, 15) is 0 Å². The van der Waals surface area contributed by atoms with Gasteiger partial charge in [0.15, 0.2) is 11.5 Å². The number of benzene rings is 3. The first-order valence-corrected chi connectivity index (χ1v) is 10.3. The maximum Gasteiger partial charge on any atom is 0.161 e. The largest absolute Gasteiger partial charge is 0.493 e. The highest BCUT2D eigenvalue weighted by molar-refractivity contribution is 5.80. The number of methoxy groups -OCH3 is 1. The summed E-state index contributed by atoms with van der Waals surface area (Å²) in [5.74, 6) is 1.44. The lowest BCUT2D eigenvalue weighted by atomic mass is 10.2. The highest BCUT2D eigenvalue weighted by atomic mass is 16.5. The van der Waals surface area contributed by atoms with Gasteiger partial charge in [-0.05, 0) is 41.5 Å². The van der Waals surface area contributed by atoms with Gasteiger partial charge in [-0.15, -0.1) is 0 Å². The van der Waals surface area contributed by atoms with Crippen LogP contribution in [-0.4, -0.2) is 44.5 Å². The average Bonchev–Trinajstić information content (AvgIpc) is 2.83. The summed E-state index contributed by atoms with van der Waals surface area (Å²) in [5, 5.41) is 6.78. The highest BCUT2D eigenvalue weighted by Gasteiger charge is 2.15. The van der Waals surface area contributed by atoms with Gasteiger partial charge in [-0.3, -0.25) is 5.01 Å². The SMILES string of the molecule is COc1cc(C=NN2CCN(c3ccccc3)CC2)ccc1OCc1ccccc1. The van der Waals surface area contributed by atoms with Crippen molar-refractivity contribution in [2.75, 3.05) is 38.2 Å². The van der Waals surface area contributed by atoms with Crippen LogP contribution < -0.4 is 14.4 Å². The van der Waals surface area contributed by atoms with E-state index in [4.69, 9.17) is 9.47 Å². The Labute approximate surface area is 178 Å². The number of anilines is 1. The van der Waals surface area contributed by atoms with Crippen LogP contribution in [0, 0.1) is 0 Å². The van der Waals surface area contributed by atoms with E-state index in [1.807, 2.05) is 54.7 Å². The Morgan fingerprint density at radius 1 is 0.833 bits per heavy atom. The summed E-state index contributed by atoms with van der Waals surface area (Å²) < 4.78 is 11.5. The molecule has 0 bridgehead atoms. The molecule has 3 aromatic rings. The molecule has 0 aliphatic carbocycles. The van der Waals surface area contributed by atoms with Gasteiger partial charge in [-0.2, -0.15) is 5.10 Å². The van der Waals surface area contributed by atoms with Crippen LogP contribution in [0.2, 0.25) is 0 Å². The topological polar surface area (TPSA) is 37.3 Å². The molecule has 0 N–H and O–H groups in total. The normalized spacial score (nSPS) is 14.2. The maximum atomic E-state index is 5.93. The second kappa shape index (κ2) is 9.83. The van der Waals surface area contributed by atoms with Gasteiger partial charge < -0.3 is 14.4 Å². The van der Waals surface area contributed by atoms with E-state index in [1.54, 1.807) is 7.11 Å². The van der Waals surface area contributed by atoms with Gasteiger partial charge in [0.1, 0.15) is 6.61 Å². The standard InChI is InChI=1S/C25H27N3O2/c1-29-25-18-22(12-13-24(25)30-20-21-8-4-2-5-9-21)19-26-28-16-14-27(15-17-28)23-10-6-3-7-11-23/h2-13,18-19H,14-17,20H2,1H3. The van der Waals surface area contributed by atoms with E-state index in [2.05, 4.69) is 45.3 Å². The van der Waals surface area contributed by atoms with Crippen LogP contribution in [0.4, 0.5) is 5.69 Å². The van der Waals surface area contributed by atoms with Crippen molar-refractivity contribution >= 4 is 11.9 Å². The summed E-state index contributed by atoms with van der Waals surface area (Å²) in [6.45, 7) is 4.26. The lowest BCUT2D eigenvalue weighted by Crippen LogP contribution is -2.44. The highest BCUT2D eigenvalue weighted by Crippen LogP contribution is 2.28. The quantitative estimate of drug-likeness (QED) is 0.549. The molecule has 4 rings (SSSR count). The fourth-order valence-corrected chi connectivity index (χ4v) is 3.48. The van der Waals surface area contributed by atoms with Gasteiger partial charge in [-0.1, -0.05) is 48.5 Å². The summed E-state index contributed by atoms with van der Waals surface area (Å²) in [6, 6.07) is 26.6. The van der Waals surface area contributed by atoms with Gasteiger partial charge in [0.2, 0.25) is 0 Å². The van der Waals surface area contributed by atoms with Crippen LogP contribution in [0.15, 0.2) is 84.0 Å². The van der Waals surface area contributed by atoms with Crippen LogP contribution in [0.25, 0.3) is 0 Å². The molecule has 30 heavy (non-hydrogen) atoms. The molecule has 0 amide bonds. The molecule has 0 unspecified atom stereocenters. The summed E-state index contributed by atoms with van der Waals surface area (Å²) in [6.07, 6.45) is 1.89. The van der Waals surface area contributed by atoms with Crippen LogP contribution >= 0.6 is 0 Å². The van der Waals surface area contributed by atoms with Crippen LogP contribution in [0.3, 0.4) is 0 Å². The van der Waals surface area contributed by atoms with E-state index >= 15 is 0 Å². The molecular weight excluding hydrogens is 374 g/mol. The Bertz CT molecular complexity index is 953. The molecule has 154 valence electrons. The Kier molecular flexibility index (Phi) is 6.50. The molecular formula is C25H27N3O2. The first kappa shape index (κ1) is 19.8. The number of rotatable bonds is 7. The van der Waals surface area contributed by atoms with Gasteiger partial charge in [-0.25, -0.2) is 0 Å². The van der Waals surface area contributed by atoms with E-state index in [1.165, 1.54) is 5.69 Å². The van der Waals surface area contributed by atoms with Gasteiger partial charge in [0.05, 0.1) is 26.4 Å². The number of nitrogens with zero attached hydrogens (tertiary/aromatic N) is 3. The summed E-state index contributed by atoms with van der Waals surface area (Å²) in [4.78, 5) is 2.40. The molecule has 0 radical (unpaired) electrons. The fourth-order valence-electron chi connectivity index (χ4n) is 3.48. The van der Waals surface area contributed by atoms with Gasteiger partial charge in [0.25, 0.3) is 0 Å². The minimum atomic E-state index is 0.510. The van der Waals surface area contributed by atoms with Crippen molar-refractivity contribution in [1.29, 1.82) is 0 Å². The zero-order chi connectivity index (χ0) is 20.6. The second-order valence-corrected chi connectivity index (χ2v) is 7.21. The molecule has 1 heterocycles. The van der Waals surface area contributed by atoms with E-state index < -0.39 is 0 Å². The Balaban J connectivity index is 1.33. The molecule has 0 saturated carbocycles. The second-order valence-electron chi connectivity index (χ2n) is 7.21. The summed E-state index contributed by atoms with van der Waals surface area (Å²) in [5.41, 5.74) is 3.39. The minimum absolute atomic E-state index is 0.510. The zero-order valence-electron chi connectivity index (χ0n) is 17.3. The third-order valence-electron chi connectivity index (χ3n) is 5.17. The van der Waals surface area contributed by atoms with Crippen molar-refractivity contribution in [1.82, 2.24) is 5.01 Å². The number of hydrogen-bond donors (Lipinski definition) is 0. The minimum Gasteiger partial charge on any atom is -0.493 e. The first-order valence-electron chi connectivity index (χ1n) is 10.3. The Hall–Kier alpha value is -3.47. The monoisotopic (exact) mass is 401 g/mol. The smallest absolute Gasteiger partial charge is 0.161 e. The predicted octanol–water partition coefficient (Wildman–Crippen LogP) is 4.43. The Morgan fingerprint density at radius 3 is 2.23 bits per heavy atom. The van der Waals surface area contributed by atoms with Crippen LogP contribution in [0.5, 0.6) is 11.5 Å². The molecule has 0 aromatic heterocycles. The summed E-state index contributed by atoms with van der Waals surface area (Å²) in [7, 11) is 1.66. The molecule has 1 fully saturated rings. The van der Waals surface area contributed by atoms with Crippen molar-refractivity contribution in [3.05, 3.63) is 90.0 Å². The van der Waals surface area contributed by atoms with Gasteiger partial charge >= 0.3 is 0 Å². The van der Waals surface area contributed by atoms with Crippen LogP contribution in [0.1, 0.15) is 11.1 Å². The number of hydrogen-bond acceptors (Lipinski definition) is 5. The number of ether oxygens (including phenoxy) is 2. The molecule has 0 spiro atoms. The average molecular weight is 402 g/mol. The third-order valence-corrected chi connectivity index (χ3v) is 5.17. The third kappa shape index (κ3) is 5.11. The number of para-hydroxylation sites is 1. The van der Waals surface area contributed by atoms with E-state index in [-0.39, 0.29) is 0 Å². The van der Waals surface area contributed by atoms with Crippen molar-refractivity contribution in [3.8, 4) is 11.5 Å². The maximum absolute atomic E-state index is 5.93. The van der Waals surface area contributed by atoms with Crippen molar-refractivity contribution in [3.63, 3.8) is 0 Å². The molecule has 1 aliphatic heterocycles. The van der Waals surface area contributed by atoms with Crippen molar-refractivity contribution in [2.24, 2.45) is 5.10 Å². The zero-order valence-corrected chi connectivity index (χ0v) is 17.3. The predicted molar refractivity (Wildman–Crippen MR) is 122 cm³/mol. The van der Waals surface area contributed by atoms with E-state index in [0.29, 0.717) is 12.4 Å². The van der Waals surface area contributed by atoms with Crippen molar-refractivity contribution < 1.29 is 9.47 Å². The first-order chi connectivity index (χ1) is 14.8. The molecule has 0 atom stereocenters. The lowest BCUT2D eigenvalue weighted by molar-refractivity contribution is 0.272. The number of hydrazone groups is 1. The molecule has 3 aromatic carbocycles. The van der Waals surface area contributed by atoms with Crippen molar-refractivity contribution in [2.45, 2.75) is 6.61 Å². The molecule has 5 heteroatoms. The van der Waals surface area contributed by atoms with Gasteiger partial charge in [0, 0.05) is 18.8 Å². The molecule has 5 nitrogen and oxygen atoms in total. The van der Waals surface area contributed by atoms with E-state index in [0.717, 1.165) is 43.1 Å². The lowest BCUT2D eigenvalue weighted by Gasteiger charge is -2.34. The van der Waals surface area contributed by atoms with Crippen LogP contribution in [-0.2, 0) is 6.61 Å². The fraction of sp³-hybridized carbons (Fsp3) is 0.240. The molecule has 1 aliphatic rings.